The van der Waals surface area contributed by atoms with Crippen molar-refractivity contribution in [1.29, 1.82) is 0 Å². The Morgan fingerprint density at radius 1 is 1.35 bits per heavy atom. The van der Waals surface area contributed by atoms with Crippen LogP contribution >= 0.6 is 11.3 Å². The number of nitrogens with zero attached hydrogens (tertiary/aromatic N) is 1. The van der Waals surface area contributed by atoms with Gasteiger partial charge in [-0.05, 0) is 60.9 Å². The third-order valence-electron chi connectivity index (χ3n) is 6.01. The highest BCUT2D eigenvalue weighted by molar-refractivity contribution is 7.07. The highest BCUT2D eigenvalue weighted by atomic mass is 32.1. The topological polar surface area (TPSA) is 15.3 Å². The maximum absolute atomic E-state index is 3.98. The second-order valence-corrected chi connectivity index (χ2v) is 8.24. The molecule has 2 saturated carbocycles. The van der Waals surface area contributed by atoms with Gasteiger partial charge in [-0.1, -0.05) is 12.8 Å². The molecule has 1 spiro atoms. The molecule has 1 aromatic heterocycles. The summed E-state index contributed by atoms with van der Waals surface area (Å²) in [5.74, 6) is 0.924. The van der Waals surface area contributed by atoms with Gasteiger partial charge in [0.15, 0.2) is 0 Å². The molecule has 1 saturated heterocycles. The number of rotatable bonds is 3. The van der Waals surface area contributed by atoms with Gasteiger partial charge in [-0.15, -0.1) is 0 Å². The van der Waals surface area contributed by atoms with Crippen LogP contribution in [-0.4, -0.2) is 29.1 Å². The molecule has 1 aliphatic heterocycles. The second kappa shape index (κ2) is 4.82. The highest BCUT2D eigenvalue weighted by Crippen LogP contribution is 2.47. The summed E-state index contributed by atoms with van der Waals surface area (Å²) in [5, 5.41) is 8.53. The van der Waals surface area contributed by atoms with Gasteiger partial charge in [0.1, 0.15) is 0 Å². The number of piperazine rings is 1. The molecule has 0 radical (unpaired) electrons. The molecule has 2 nitrogen and oxygen atoms in total. The smallest absolute Gasteiger partial charge is 0.0338 e. The van der Waals surface area contributed by atoms with Gasteiger partial charge < -0.3 is 5.32 Å². The molecule has 4 rings (SSSR count). The molecule has 1 N–H and O–H groups in total. The summed E-state index contributed by atoms with van der Waals surface area (Å²) < 4.78 is 0. The van der Waals surface area contributed by atoms with Crippen LogP contribution in [0.4, 0.5) is 0 Å². The van der Waals surface area contributed by atoms with Gasteiger partial charge in [0, 0.05) is 30.7 Å². The van der Waals surface area contributed by atoms with Crippen LogP contribution in [0, 0.1) is 5.92 Å². The fourth-order valence-electron chi connectivity index (χ4n) is 4.41. The molecule has 0 bridgehead atoms. The predicted molar refractivity (Wildman–Crippen MR) is 85.1 cm³/mol. The Morgan fingerprint density at radius 3 is 2.80 bits per heavy atom. The van der Waals surface area contributed by atoms with Crippen molar-refractivity contribution in [3.05, 3.63) is 22.4 Å². The van der Waals surface area contributed by atoms with Gasteiger partial charge in [0.05, 0.1) is 0 Å². The van der Waals surface area contributed by atoms with E-state index in [1.54, 1.807) is 0 Å². The molecule has 2 aliphatic carbocycles. The zero-order valence-electron chi connectivity index (χ0n) is 12.5. The second-order valence-electron chi connectivity index (χ2n) is 7.46. The van der Waals surface area contributed by atoms with Crippen LogP contribution in [0.2, 0.25) is 0 Å². The zero-order chi connectivity index (χ0) is 13.6. The van der Waals surface area contributed by atoms with E-state index in [2.05, 4.69) is 34.0 Å². The predicted octanol–water partition coefficient (Wildman–Crippen LogP) is 3.63. The maximum atomic E-state index is 3.98. The number of hydrogen-bond acceptors (Lipinski definition) is 3. The Hall–Kier alpha value is -0.380. The molecule has 1 aromatic rings. The van der Waals surface area contributed by atoms with E-state index in [1.807, 2.05) is 11.3 Å². The average Bonchev–Trinajstić information content (AvgIpc) is 3.01. The van der Waals surface area contributed by atoms with E-state index < -0.39 is 0 Å². The molecule has 110 valence electrons. The van der Waals surface area contributed by atoms with Crippen LogP contribution in [0.15, 0.2) is 16.8 Å². The van der Waals surface area contributed by atoms with Crippen LogP contribution in [0.5, 0.6) is 0 Å². The molecule has 3 heteroatoms. The minimum atomic E-state index is 0.385. The molecule has 0 aromatic carbocycles. The summed E-state index contributed by atoms with van der Waals surface area (Å²) in [4.78, 5) is 2.83. The molecule has 0 amide bonds. The van der Waals surface area contributed by atoms with Crippen molar-refractivity contribution in [3.8, 4) is 0 Å². The van der Waals surface area contributed by atoms with Gasteiger partial charge in [0.2, 0.25) is 0 Å². The molecule has 20 heavy (non-hydrogen) atoms. The Morgan fingerprint density at radius 2 is 2.15 bits per heavy atom. The van der Waals surface area contributed by atoms with Gasteiger partial charge in [-0.2, -0.15) is 11.3 Å². The summed E-state index contributed by atoms with van der Waals surface area (Å²) in [7, 11) is 0. The van der Waals surface area contributed by atoms with E-state index in [4.69, 9.17) is 0 Å². The summed E-state index contributed by atoms with van der Waals surface area (Å²) in [6.07, 6.45) is 8.47. The fourth-order valence-corrected chi connectivity index (χ4v) is 5.07. The van der Waals surface area contributed by atoms with Crippen molar-refractivity contribution < 1.29 is 0 Å². The Balaban J connectivity index is 1.58. The normalized spacial score (nSPS) is 33.9. The van der Waals surface area contributed by atoms with Gasteiger partial charge >= 0.3 is 0 Å². The third kappa shape index (κ3) is 2.24. The molecule has 2 heterocycles. The van der Waals surface area contributed by atoms with Crippen molar-refractivity contribution in [3.63, 3.8) is 0 Å². The lowest BCUT2D eigenvalue weighted by molar-refractivity contribution is -0.00372. The zero-order valence-corrected chi connectivity index (χ0v) is 13.3. The first kappa shape index (κ1) is 13.3. The lowest BCUT2D eigenvalue weighted by Crippen LogP contribution is -2.68. The third-order valence-corrected chi connectivity index (χ3v) is 6.74. The molecule has 1 atom stereocenters. The van der Waals surface area contributed by atoms with Crippen molar-refractivity contribution in [1.82, 2.24) is 10.2 Å². The SMILES string of the molecule is CC1(C2CC2)CNC2(CCCC2)CN1Cc1ccsc1. The van der Waals surface area contributed by atoms with E-state index in [1.165, 1.54) is 57.2 Å². The quantitative estimate of drug-likeness (QED) is 0.914. The Bertz CT molecular complexity index is 459. The van der Waals surface area contributed by atoms with Crippen LogP contribution in [-0.2, 0) is 6.54 Å². The van der Waals surface area contributed by atoms with Crippen LogP contribution in [0.25, 0.3) is 0 Å². The summed E-state index contributed by atoms with van der Waals surface area (Å²) in [6.45, 7) is 6.11. The molecule has 3 fully saturated rings. The van der Waals surface area contributed by atoms with Crippen molar-refractivity contribution in [2.75, 3.05) is 13.1 Å². The van der Waals surface area contributed by atoms with Crippen LogP contribution in [0.1, 0.15) is 51.0 Å². The van der Waals surface area contributed by atoms with Gasteiger partial charge in [-0.25, -0.2) is 0 Å². The summed E-state index contributed by atoms with van der Waals surface area (Å²) in [6, 6.07) is 2.31. The maximum Gasteiger partial charge on any atom is 0.0338 e. The Labute approximate surface area is 126 Å². The van der Waals surface area contributed by atoms with Crippen molar-refractivity contribution in [2.45, 2.75) is 63.1 Å². The average molecular weight is 290 g/mol. The summed E-state index contributed by atoms with van der Waals surface area (Å²) in [5.41, 5.74) is 2.33. The minimum Gasteiger partial charge on any atom is -0.308 e. The largest absolute Gasteiger partial charge is 0.308 e. The van der Waals surface area contributed by atoms with E-state index in [0.29, 0.717) is 11.1 Å². The standard InChI is InChI=1S/C17H26N2S/c1-16(15-4-5-15)12-18-17(7-2-3-8-17)13-19(16)10-14-6-9-20-11-14/h6,9,11,15,18H,2-5,7-8,10,12-13H2,1H3. The summed E-state index contributed by atoms with van der Waals surface area (Å²) >= 11 is 1.83. The molecular weight excluding hydrogens is 264 g/mol. The first-order valence-electron chi connectivity index (χ1n) is 8.21. The minimum absolute atomic E-state index is 0.385. The van der Waals surface area contributed by atoms with Crippen molar-refractivity contribution >= 4 is 11.3 Å². The van der Waals surface area contributed by atoms with E-state index in [0.717, 1.165) is 12.5 Å². The molecule has 3 aliphatic rings. The van der Waals surface area contributed by atoms with E-state index in [-0.39, 0.29) is 0 Å². The van der Waals surface area contributed by atoms with Crippen LogP contribution in [0.3, 0.4) is 0 Å². The number of thiophene rings is 1. The number of nitrogens with one attached hydrogen (secondary N) is 1. The first-order valence-corrected chi connectivity index (χ1v) is 9.16. The monoisotopic (exact) mass is 290 g/mol. The fraction of sp³-hybridized carbons (Fsp3) is 0.765. The van der Waals surface area contributed by atoms with Crippen LogP contribution < -0.4 is 5.32 Å². The van der Waals surface area contributed by atoms with Gasteiger partial charge in [0.25, 0.3) is 0 Å². The lowest BCUT2D eigenvalue weighted by Gasteiger charge is -2.53. The van der Waals surface area contributed by atoms with E-state index in [9.17, 15) is 0 Å². The first-order chi connectivity index (χ1) is 9.70. The van der Waals surface area contributed by atoms with Crippen molar-refractivity contribution in [2.24, 2.45) is 5.92 Å². The van der Waals surface area contributed by atoms with Gasteiger partial charge in [-0.3, -0.25) is 4.90 Å². The lowest BCUT2D eigenvalue weighted by atomic mass is 9.83. The molecular formula is C17H26N2S. The van der Waals surface area contributed by atoms with E-state index >= 15 is 0 Å². The highest BCUT2D eigenvalue weighted by Gasteiger charge is 2.52. The number of hydrogen-bond donors (Lipinski definition) is 1. The Kier molecular flexibility index (Phi) is 3.21. The molecule has 1 unspecified atom stereocenters.